The second-order valence-electron chi connectivity index (χ2n) is 5.48. The molecule has 136 valence electrons. The van der Waals surface area contributed by atoms with Gasteiger partial charge in [0.05, 0.1) is 6.10 Å². The van der Waals surface area contributed by atoms with Crippen molar-refractivity contribution in [2.45, 2.75) is 30.5 Å². The normalized spacial score (nSPS) is 14.4. The van der Waals surface area contributed by atoms with Gasteiger partial charge in [0, 0.05) is 6.42 Å². The van der Waals surface area contributed by atoms with E-state index in [4.69, 9.17) is 0 Å². The van der Waals surface area contributed by atoms with Gasteiger partial charge in [-0.05, 0) is 16.7 Å². The summed E-state index contributed by atoms with van der Waals surface area (Å²) in [4.78, 5) is 0. The quantitative estimate of drug-likeness (QED) is 0.682. The minimum atomic E-state index is -6.41. The van der Waals surface area contributed by atoms with Crippen LogP contribution in [0.4, 0.5) is 30.7 Å². The average molecular weight is 366 g/mol. The average Bonchev–Trinajstić information content (AvgIpc) is 2.54. The second-order valence-corrected chi connectivity index (χ2v) is 5.48. The zero-order valence-electron chi connectivity index (χ0n) is 12.6. The molecule has 0 fully saturated rings. The first kappa shape index (κ1) is 19.2. The predicted molar refractivity (Wildman–Crippen MR) is 77.4 cm³/mol. The summed E-state index contributed by atoms with van der Waals surface area (Å²) in [7, 11) is 0. The molecule has 0 saturated carbocycles. The second kappa shape index (κ2) is 6.67. The predicted octanol–water partition coefficient (Wildman–Crippen LogP) is 5.61. The largest absolute Gasteiger partial charge is 0.459 e. The molecular weight excluding hydrogens is 353 g/mol. The van der Waals surface area contributed by atoms with Crippen molar-refractivity contribution in [3.63, 3.8) is 0 Å². The number of rotatable bonds is 5. The van der Waals surface area contributed by atoms with Crippen LogP contribution in [0.1, 0.15) is 18.1 Å². The van der Waals surface area contributed by atoms with Crippen molar-refractivity contribution in [3.05, 3.63) is 60.2 Å². The Labute approximate surface area is 138 Å². The molecule has 8 heteroatoms. The molecule has 0 bridgehead atoms. The minimum absolute atomic E-state index is 0.183. The van der Waals surface area contributed by atoms with E-state index in [0.717, 1.165) is 5.56 Å². The fraction of sp³-hybridized carbons (Fsp3) is 0.294. The minimum Gasteiger partial charge on any atom is -0.388 e. The summed E-state index contributed by atoms with van der Waals surface area (Å²) in [5.74, 6) is -11.7. The zero-order valence-corrected chi connectivity index (χ0v) is 12.6. The Balaban J connectivity index is 2.17. The Bertz CT molecular complexity index is 693. The number of halogens is 7. The Morgan fingerprint density at radius 1 is 0.720 bits per heavy atom. The molecule has 0 saturated heterocycles. The first-order valence-electron chi connectivity index (χ1n) is 7.11. The molecule has 2 rings (SSSR count). The number of hydrogen-bond donors (Lipinski definition) is 1. The molecule has 0 aliphatic rings. The van der Waals surface area contributed by atoms with Crippen LogP contribution in [0.5, 0.6) is 0 Å². The van der Waals surface area contributed by atoms with E-state index in [1.165, 1.54) is 24.3 Å². The van der Waals surface area contributed by atoms with E-state index in [-0.39, 0.29) is 5.56 Å². The van der Waals surface area contributed by atoms with Crippen LogP contribution >= 0.6 is 0 Å². The number of aliphatic hydroxyl groups excluding tert-OH is 1. The van der Waals surface area contributed by atoms with Gasteiger partial charge in [0.2, 0.25) is 0 Å². The monoisotopic (exact) mass is 366 g/mol. The molecule has 1 unspecified atom stereocenters. The maximum atomic E-state index is 13.3. The fourth-order valence-corrected chi connectivity index (χ4v) is 2.22. The van der Waals surface area contributed by atoms with Gasteiger partial charge in [0.15, 0.2) is 0 Å². The summed E-state index contributed by atoms with van der Waals surface area (Å²) in [6, 6.07) is 14.2. The first-order chi connectivity index (χ1) is 11.5. The van der Waals surface area contributed by atoms with Crippen molar-refractivity contribution in [2.24, 2.45) is 0 Å². The van der Waals surface area contributed by atoms with Gasteiger partial charge in [-0.1, -0.05) is 54.6 Å². The van der Waals surface area contributed by atoms with Crippen molar-refractivity contribution in [3.8, 4) is 11.1 Å². The standard InChI is InChI=1S/C17H13F7O/c18-15(19,16(20,21)17(22,23)24)10-14(25)13-8-6-12(7-9-13)11-4-2-1-3-5-11/h1-9,14,25H,10H2. The molecule has 0 heterocycles. The van der Waals surface area contributed by atoms with Crippen LogP contribution in [0.3, 0.4) is 0 Å². The highest BCUT2D eigenvalue weighted by Crippen LogP contribution is 2.49. The van der Waals surface area contributed by atoms with Crippen LogP contribution in [0, 0.1) is 0 Å². The van der Waals surface area contributed by atoms with E-state index in [2.05, 4.69) is 0 Å². The lowest BCUT2D eigenvalue weighted by Gasteiger charge is -2.29. The van der Waals surface area contributed by atoms with Crippen molar-refractivity contribution in [1.82, 2.24) is 0 Å². The van der Waals surface area contributed by atoms with Crippen molar-refractivity contribution >= 4 is 0 Å². The number of hydrogen-bond acceptors (Lipinski definition) is 1. The topological polar surface area (TPSA) is 20.2 Å². The molecule has 0 aliphatic heterocycles. The Morgan fingerprint density at radius 3 is 1.68 bits per heavy atom. The highest BCUT2D eigenvalue weighted by atomic mass is 19.4. The van der Waals surface area contributed by atoms with Gasteiger partial charge in [-0.15, -0.1) is 0 Å². The van der Waals surface area contributed by atoms with Crippen LogP contribution in [-0.4, -0.2) is 23.1 Å². The summed E-state index contributed by atoms with van der Waals surface area (Å²) in [5.41, 5.74) is 1.28. The van der Waals surface area contributed by atoms with Gasteiger partial charge in [0.1, 0.15) is 0 Å². The zero-order chi connectivity index (χ0) is 18.9. The lowest BCUT2D eigenvalue weighted by atomic mass is 9.96. The molecule has 0 amide bonds. The number of benzene rings is 2. The SMILES string of the molecule is OC(CC(F)(F)C(F)(F)C(F)(F)F)c1ccc(-c2ccccc2)cc1. The lowest BCUT2D eigenvalue weighted by molar-refractivity contribution is -0.358. The summed E-state index contributed by atoms with van der Waals surface area (Å²) in [5, 5.41) is 9.67. The molecule has 2 aromatic carbocycles. The molecule has 0 aliphatic carbocycles. The number of alkyl halides is 7. The van der Waals surface area contributed by atoms with Gasteiger partial charge in [-0.2, -0.15) is 30.7 Å². The molecule has 2 aromatic rings. The van der Waals surface area contributed by atoms with Crippen molar-refractivity contribution < 1.29 is 35.8 Å². The maximum absolute atomic E-state index is 13.3. The van der Waals surface area contributed by atoms with E-state index in [1.807, 2.05) is 0 Å². The molecule has 0 radical (unpaired) electrons. The molecule has 0 aromatic heterocycles. The first-order valence-corrected chi connectivity index (χ1v) is 7.11. The van der Waals surface area contributed by atoms with Crippen LogP contribution < -0.4 is 0 Å². The maximum Gasteiger partial charge on any atom is 0.459 e. The van der Waals surface area contributed by atoms with E-state index in [9.17, 15) is 35.8 Å². The third-order valence-corrected chi connectivity index (χ3v) is 3.67. The van der Waals surface area contributed by atoms with Crippen LogP contribution in [0.25, 0.3) is 11.1 Å². The van der Waals surface area contributed by atoms with Crippen LogP contribution in [0.2, 0.25) is 0 Å². The highest BCUT2D eigenvalue weighted by molar-refractivity contribution is 5.63. The van der Waals surface area contributed by atoms with Gasteiger partial charge >= 0.3 is 18.0 Å². The Hall–Kier alpha value is -2.09. The van der Waals surface area contributed by atoms with Gasteiger partial charge in [-0.3, -0.25) is 0 Å². The van der Waals surface area contributed by atoms with E-state index in [1.54, 1.807) is 30.3 Å². The molecule has 1 N–H and O–H groups in total. The Kier molecular flexibility index (Phi) is 5.13. The lowest BCUT2D eigenvalue weighted by Crippen LogP contribution is -2.52. The molecular formula is C17H13F7O. The van der Waals surface area contributed by atoms with Gasteiger partial charge in [0.25, 0.3) is 0 Å². The van der Waals surface area contributed by atoms with Crippen molar-refractivity contribution in [2.75, 3.05) is 0 Å². The van der Waals surface area contributed by atoms with E-state index in [0.29, 0.717) is 5.56 Å². The van der Waals surface area contributed by atoms with Crippen LogP contribution in [0.15, 0.2) is 54.6 Å². The summed E-state index contributed by atoms with van der Waals surface area (Å²) in [6.45, 7) is 0. The molecule has 25 heavy (non-hydrogen) atoms. The van der Waals surface area contributed by atoms with Gasteiger partial charge < -0.3 is 5.11 Å². The Morgan fingerprint density at radius 2 is 1.20 bits per heavy atom. The fourth-order valence-electron chi connectivity index (χ4n) is 2.22. The van der Waals surface area contributed by atoms with E-state index >= 15 is 0 Å². The summed E-state index contributed by atoms with van der Waals surface area (Å²) >= 11 is 0. The smallest absolute Gasteiger partial charge is 0.388 e. The van der Waals surface area contributed by atoms with Crippen LogP contribution in [-0.2, 0) is 0 Å². The molecule has 1 nitrogen and oxygen atoms in total. The highest BCUT2D eigenvalue weighted by Gasteiger charge is 2.72. The van der Waals surface area contributed by atoms with Gasteiger partial charge in [-0.25, -0.2) is 0 Å². The molecule has 0 spiro atoms. The van der Waals surface area contributed by atoms with Crippen molar-refractivity contribution in [1.29, 1.82) is 0 Å². The van der Waals surface area contributed by atoms with E-state index < -0.39 is 30.5 Å². The summed E-state index contributed by atoms with van der Waals surface area (Å²) < 4.78 is 88.8. The third kappa shape index (κ3) is 3.95. The third-order valence-electron chi connectivity index (χ3n) is 3.67. The number of aliphatic hydroxyl groups is 1. The summed E-state index contributed by atoms with van der Waals surface area (Å²) in [6.07, 6.45) is -10.6. The molecule has 1 atom stereocenters.